The van der Waals surface area contributed by atoms with Crippen LogP contribution >= 0.6 is 0 Å². The maximum atomic E-state index is 12.4. The van der Waals surface area contributed by atoms with Crippen molar-refractivity contribution in [3.63, 3.8) is 0 Å². The summed E-state index contributed by atoms with van der Waals surface area (Å²) in [4.78, 5) is 21.4. The summed E-state index contributed by atoms with van der Waals surface area (Å²) in [7, 11) is -2.19. The molecule has 0 heterocycles. The zero-order valence-corrected chi connectivity index (χ0v) is 21.6. The van der Waals surface area contributed by atoms with Crippen molar-refractivity contribution in [2.45, 2.75) is 76.0 Å². The van der Waals surface area contributed by atoms with Gasteiger partial charge in [0.25, 0.3) is 5.69 Å². The van der Waals surface area contributed by atoms with Crippen LogP contribution in [0.25, 0.3) is 0 Å². The Bertz CT molecular complexity index is 1060. The van der Waals surface area contributed by atoms with Crippen LogP contribution in [0.4, 0.5) is 10.5 Å². The van der Waals surface area contributed by atoms with E-state index in [0.717, 1.165) is 18.4 Å². The molecule has 35 heavy (non-hydrogen) atoms. The summed E-state index contributed by atoms with van der Waals surface area (Å²) in [6, 6.07) is 14.4. The topological polar surface area (TPSA) is 119 Å². The Labute approximate surface area is 207 Å². The molecule has 192 valence electrons. The Morgan fingerprint density at radius 1 is 1.06 bits per heavy atom. The number of hydrogen-bond acceptors (Lipinski definition) is 6. The van der Waals surface area contributed by atoms with Crippen molar-refractivity contribution in [1.82, 2.24) is 9.62 Å². The van der Waals surface area contributed by atoms with Gasteiger partial charge in [0.15, 0.2) is 0 Å². The monoisotopic (exact) mass is 505 g/mol. The minimum atomic E-state index is -3.67. The number of rotatable bonds is 6. The van der Waals surface area contributed by atoms with Crippen molar-refractivity contribution in [2.75, 3.05) is 7.05 Å². The average molecular weight is 506 g/mol. The smallest absolute Gasteiger partial charge is 0.407 e. The molecule has 2 aromatic carbocycles. The molecule has 1 aliphatic carbocycles. The third kappa shape index (κ3) is 9.65. The van der Waals surface area contributed by atoms with E-state index in [1.54, 1.807) is 0 Å². The van der Waals surface area contributed by atoms with Crippen LogP contribution in [0.1, 0.15) is 58.4 Å². The van der Waals surface area contributed by atoms with Crippen molar-refractivity contribution >= 4 is 21.8 Å². The molecule has 0 unspecified atom stereocenters. The maximum absolute atomic E-state index is 12.4. The fourth-order valence-corrected chi connectivity index (χ4v) is 4.73. The average Bonchev–Trinajstić information content (AvgIpc) is 2.79. The Morgan fingerprint density at radius 2 is 1.63 bits per heavy atom. The number of sulfonamides is 1. The van der Waals surface area contributed by atoms with Crippen molar-refractivity contribution in [3.05, 3.63) is 70.3 Å². The highest BCUT2D eigenvalue weighted by Gasteiger charge is 2.22. The van der Waals surface area contributed by atoms with Gasteiger partial charge in [-0.25, -0.2) is 13.2 Å². The molecular formula is C25H35N3O6S. The molecule has 1 saturated carbocycles. The van der Waals surface area contributed by atoms with E-state index in [-0.39, 0.29) is 23.2 Å². The fourth-order valence-electron chi connectivity index (χ4n) is 3.57. The van der Waals surface area contributed by atoms with Gasteiger partial charge >= 0.3 is 6.09 Å². The molecular weight excluding hydrogens is 470 g/mol. The van der Waals surface area contributed by atoms with Gasteiger partial charge in [-0.05, 0) is 51.3 Å². The number of carbonyl (C=O) groups excluding carboxylic acids is 1. The van der Waals surface area contributed by atoms with Gasteiger partial charge in [-0.3, -0.25) is 10.1 Å². The molecule has 0 saturated heterocycles. The number of nitro benzene ring substituents is 1. The highest BCUT2D eigenvalue weighted by Crippen LogP contribution is 2.20. The van der Waals surface area contributed by atoms with Gasteiger partial charge in [0.05, 0.1) is 9.82 Å². The number of amides is 1. The highest BCUT2D eigenvalue weighted by atomic mass is 32.2. The van der Waals surface area contributed by atoms with Crippen LogP contribution in [0.2, 0.25) is 0 Å². The molecule has 0 spiro atoms. The van der Waals surface area contributed by atoms with Crippen LogP contribution in [0.15, 0.2) is 59.5 Å². The highest BCUT2D eigenvalue weighted by molar-refractivity contribution is 7.89. The van der Waals surface area contributed by atoms with Crippen LogP contribution in [0, 0.1) is 10.1 Å². The predicted molar refractivity (Wildman–Crippen MR) is 134 cm³/mol. The number of nitro groups is 1. The molecule has 0 bridgehead atoms. The van der Waals surface area contributed by atoms with E-state index in [1.165, 1.54) is 54.9 Å². The lowest BCUT2D eigenvalue weighted by Gasteiger charge is -2.25. The lowest BCUT2D eigenvalue weighted by Crippen LogP contribution is -2.39. The zero-order valence-electron chi connectivity index (χ0n) is 20.8. The first-order valence-corrected chi connectivity index (χ1v) is 13.1. The zero-order chi connectivity index (χ0) is 26.1. The normalized spacial score (nSPS) is 14.5. The summed E-state index contributed by atoms with van der Waals surface area (Å²) in [5.74, 6) is 0. The first-order chi connectivity index (χ1) is 16.4. The molecule has 10 heteroatoms. The second-order valence-corrected chi connectivity index (χ2v) is 11.5. The molecule has 3 rings (SSSR count). The first kappa shape index (κ1) is 28.3. The number of hydrogen-bond donors (Lipinski definition) is 1. The van der Waals surface area contributed by atoms with E-state index < -0.39 is 20.5 Å². The summed E-state index contributed by atoms with van der Waals surface area (Å²) in [5, 5.41) is 13.5. The van der Waals surface area contributed by atoms with Gasteiger partial charge in [-0.15, -0.1) is 0 Å². The maximum Gasteiger partial charge on any atom is 0.407 e. The summed E-state index contributed by atoms with van der Waals surface area (Å²) >= 11 is 0. The number of carbonyl (C=O) groups is 1. The molecule has 0 aromatic heterocycles. The van der Waals surface area contributed by atoms with Crippen molar-refractivity contribution < 1.29 is 22.9 Å². The Kier molecular flexibility index (Phi) is 10.2. The van der Waals surface area contributed by atoms with Crippen LogP contribution in [-0.4, -0.2) is 42.4 Å². The lowest BCUT2D eigenvalue weighted by molar-refractivity contribution is -0.384. The number of ether oxygens (including phenoxy) is 1. The van der Waals surface area contributed by atoms with Crippen molar-refractivity contribution in [3.8, 4) is 0 Å². The molecule has 9 nitrogen and oxygen atoms in total. The summed E-state index contributed by atoms with van der Waals surface area (Å²) in [5.41, 5.74) is 0.337. The molecule has 2 aromatic rings. The Morgan fingerprint density at radius 3 is 2.14 bits per heavy atom. The molecule has 1 N–H and O–H groups in total. The van der Waals surface area contributed by atoms with Crippen molar-refractivity contribution in [1.29, 1.82) is 0 Å². The van der Waals surface area contributed by atoms with Crippen LogP contribution in [0.5, 0.6) is 0 Å². The third-order valence-electron chi connectivity index (χ3n) is 5.33. The summed E-state index contributed by atoms with van der Waals surface area (Å²) in [6.45, 7) is 5.88. The van der Waals surface area contributed by atoms with Gasteiger partial charge in [0.1, 0.15) is 5.60 Å². The Hall–Kier alpha value is -2.98. The first-order valence-electron chi connectivity index (χ1n) is 11.6. The standard InChI is InChI=1S/C14H14N2O4S.C11H21NO2/c1-15(11-12-5-3-2-4-6-12)21(19,20)14-9-7-13(8-10-14)16(17)18;1-11(2,3)14-10(13)12-9-7-5-4-6-8-9/h2-10H,11H2,1H3;9H,4-8H2,1-3H3,(H,12,13). The number of nitrogens with one attached hydrogen (secondary N) is 1. The molecule has 1 fully saturated rings. The molecule has 0 aliphatic heterocycles. The molecule has 1 amide bonds. The largest absolute Gasteiger partial charge is 0.444 e. The predicted octanol–water partition coefficient (Wildman–Crippen LogP) is 5.26. The van der Waals surface area contributed by atoms with E-state index in [0.29, 0.717) is 6.04 Å². The van der Waals surface area contributed by atoms with E-state index in [9.17, 15) is 23.3 Å². The van der Waals surface area contributed by atoms with Crippen molar-refractivity contribution in [2.24, 2.45) is 0 Å². The molecule has 0 atom stereocenters. The lowest BCUT2D eigenvalue weighted by atomic mass is 9.96. The third-order valence-corrected chi connectivity index (χ3v) is 7.15. The SMILES string of the molecule is CC(C)(C)OC(=O)NC1CCCCC1.CN(Cc1ccccc1)S(=O)(=O)c1ccc([N+](=O)[O-])cc1. The quantitative estimate of drug-likeness (QED) is 0.422. The summed E-state index contributed by atoms with van der Waals surface area (Å²) in [6.07, 6.45) is 5.66. The van der Waals surface area contributed by atoms with Gasteiger partial charge in [0, 0.05) is 31.8 Å². The fraction of sp³-hybridized carbons (Fsp3) is 0.480. The minimum Gasteiger partial charge on any atom is -0.444 e. The van der Waals surface area contributed by atoms with Gasteiger partial charge < -0.3 is 10.1 Å². The molecule has 0 radical (unpaired) electrons. The van der Waals surface area contributed by atoms with Gasteiger partial charge in [-0.1, -0.05) is 49.6 Å². The number of alkyl carbamates (subject to hydrolysis) is 1. The Balaban J connectivity index is 0.000000269. The van der Waals surface area contributed by atoms with Gasteiger partial charge in [-0.2, -0.15) is 4.31 Å². The number of non-ortho nitro benzene ring substituents is 1. The minimum absolute atomic E-state index is 0.0338. The number of nitrogens with zero attached hydrogens (tertiary/aromatic N) is 2. The number of benzene rings is 2. The van der Waals surface area contributed by atoms with Gasteiger partial charge in [0.2, 0.25) is 10.0 Å². The van der Waals surface area contributed by atoms with E-state index >= 15 is 0 Å². The van der Waals surface area contributed by atoms with Crippen LogP contribution in [-0.2, 0) is 21.3 Å². The van der Waals surface area contributed by atoms with E-state index in [1.807, 2.05) is 51.1 Å². The second-order valence-electron chi connectivity index (χ2n) is 9.48. The van der Waals surface area contributed by atoms with E-state index in [2.05, 4.69) is 5.32 Å². The van der Waals surface area contributed by atoms with Crippen LogP contribution in [0.3, 0.4) is 0 Å². The second kappa shape index (κ2) is 12.6. The summed E-state index contributed by atoms with van der Waals surface area (Å²) < 4.78 is 31.1. The molecule has 1 aliphatic rings. The van der Waals surface area contributed by atoms with E-state index in [4.69, 9.17) is 4.74 Å². The van der Waals surface area contributed by atoms with Crippen LogP contribution < -0.4 is 5.32 Å².